The number of rotatable bonds is 9. The molecule has 0 saturated carbocycles. The molecule has 0 aliphatic rings. The monoisotopic (exact) mass is 384 g/mol. The van der Waals surface area contributed by atoms with Crippen LogP contribution in [0.1, 0.15) is 54.5 Å². The lowest BCUT2D eigenvalue weighted by Gasteiger charge is -2.10. The molecule has 29 heavy (non-hydrogen) atoms. The lowest BCUT2D eigenvalue weighted by molar-refractivity contribution is -0.117. The van der Waals surface area contributed by atoms with E-state index in [1.54, 1.807) is 0 Å². The van der Waals surface area contributed by atoms with Crippen LogP contribution in [0.15, 0.2) is 66.7 Å². The molecule has 0 N–H and O–H groups in total. The topological polar surface area (TPSA) is 17.1 Å². The first-order valence-corrected chi connectivity index (χ1v) is 10.9. The summed E-state index contributed by atoms with van der Waals surface area (Å²) in [7, 11) is 0. The van der Waals surface area contributed by atoms with E-state index in [1.807, 2.05) is 0 Å². The third kappa shape index (κ3) is 5.90. The van der Waals surface area contributed by atoms with Gasteiger partial charge in [0.15, 0.2) is 0 Å². The van der Waals surface area contributed by atoms with E-state index < -0.39 is 0 Å². The minimum absolute atomic E-state index is 0.269. The van der Waals surface area contributed by atoms with Gasteiger partial charge in [0.05, 0.1) is 0 Å². The molecule has 0 bridgehead atoms. The zero-order valence-electron chi connectivity index (χ0n) is 18.0. The van der Waals surface area contributed by atoms with Crippen LogP contribution in [-0.4, -0.2) is 5.78 Å². The van der Waals surface area contributed by atoms with Gasteiger partial charge in [0.2, 0.25) is 0 Å². The Kier molecular flexibility index (Phi) is 7.41. The van der Waals surface area contributed by atoms with Gasteiger partial charge in [-0.2, -0.15) is 0 Å². The van der Waals surface area contributed by atoms with Crippen molar-refractivity contribution >= 4 is 5.78 Å². The zero-order chi connectivity index (χ0) is 20.6. The highest BCUT2D eigenvalue weighted by Gasteiger charge is 2.08. The van der Waals surface area contributed by atoms with Gasteiger partial charge in [-0.25, -0.2) is 0 Å². The van der Waals surface area contributed by atoms with Crippen LogP contribution in [0, 0.1) is 6.92 Å². The second-order valence-electron chi connectivity index (χ2n) is 8.01. The molecule has 1 nitrogen and oxygen atoms in total. The number of unbranched alkanes of at least 4 members (excludes halogenated alkanes) is 1. The number of carbonyl (C=O) groups excluding carboxylic acids is 1. The average molecular weight is 385 g/mol. The molecule has 0 radical (unpaired) electrons. The molecule has 0 aliphatic carbocycles. The summed E-state index contributed by atoms with van der Waals surface area (Å²) in [4.78, 5) is 12.6. The summed E-state index contributed by atoms with van der Waals surface area (Å²) in [5.74, 6) is 0.269. The zero-order valence-corrected chi connectivity index (χ0v) is 18.0. The van der Waals surface area contributed by atoms with Gasteiger partial charge in [0.25, 0.3) is 0 Å². The number of carbonyl (C=O) groups is 1. The summed E-state index contributed by atoms with van der Waals surface area (Å²) in [5.41, 5.74) is 8.63. The van der Waals surface area contributed by atoms with Crippen LogP contribution < -0.4 is 0 Å². The number of Topliss-reactive ketones (excluding diaryl/α,β-unsaturated/α-hetero) is 1. The van der Waals surface area contributed by atoms with Crippen molar-refractivity contribution in [2.75, 3.05) is 0 Å². The van der Waals surface area contributed by atoms with Gasteiger partial charge < -0.3 is 0 Å². The van der Waals surface area contributed by atoms with E-state index in [-0.39, 0.29) is 5.78 Å². The summed E-state index contributed by atoms with van der Waals surface area (Å²) < 4.78 is 0. The molecule has 0 fully saturated rings. The fourth-order valence-electron chi connectivity index (χ4n) is 3.80. The van der Waals surface area contributed by atoms with Crippen LogP contribution in [0.3, 0.4) is 0 Å². The van der Waals surface area contributed by atoms with Crippen molar-refractivity contribution in [1.82, 2.24) is 0 Å². The predicted octanol–water partition coefficient (Wildman–Crippen LogP) is 6.92. The normalized spacial score (nSPS) is 10.9. The summed E-state index contributed by atoms with van der Waals surface area (Å²) in [5, 5.41) is 0. The van der Waals surface area contributed by atoms with Gasteiger partial charge >= 0.3 is 0 Å². The fraction of sp³-hybridized carbons (Fsp3) is 0.321. The first-order valence-electron chi connectivity index (χ1n) is 10.9. The Hall–Kier alpha value is -2.67. The van der Waals surface area contributed by atoms with E-state index in [0.29, 0.717) is 12.8 Å². The van der Waals surface area contributed by atoms with Crippen LogP contribution in [0.25, 0.3) is 11.1 Å². The highest BCUT2D eigenvalue weighted by atomic mass is 16.1. The third-order valence-electron chi connectivity index (χ3n) is 5.61. The van der Waals surface area contributed by atoms with E-state index >= 15 is 0 Å². The van der Waals surface area contributed by atoms with Gasteiger partial charge in [-0.05, 0) is 65.1 Å². The second-order valence-corrected chi connectivity index (χ2v) is 8.01. The second kappa shape index (κ2) is 10.2. The summed E-state index contributed by atoms with van der Waals surface area (Å²) in [6, 6.07) is 23.7. The first kappa shape index (κ1) is 21.0. The summed E-state index contributed by atoms with van der Waals surface area (Å²) in [6.07, 6.45) is 5.61. The molecular formula is C28H32O. The molecule has 0 spiro atoms. The van der Waals surface area contributed by atoms with Crippen LogP contribution in [0.5, 0.6) is 0 Å². The van der Waals surface area contributed by atoms with Crippen molar-refractivity contribution < 1.29 is 4.79 Å². The van der Waals surface area contributed by atoms with Crippen molar-refractivity contribution in [3.05, 3.63) is 94.5 Å². The molecule has 0 heterocycles. The Morgan fingerprint density at radius 1 is 0.724 bits per heavy atom. The standard InChI is InChI=1S/C28H32O/c1-4-6-7-23-8-10-24(11-9-23)19-27(29)20-25-14-17-28(21(3)18-25)26-15-12-22(5-2)13-16-26/h8-18H,4-7,19-20H2,1-3H3. The Labute approximate surface area is 175 Å². The molecule has 0 unspecified atom stereocenters. The number of benzene rings is 3. The van der Waals surface area contributed by atoms with Gasteiger partial charge in [-0.15, -0.1) is 0 Å². The van der Waals surface area contributed by atoms with E-state index in [0.717, 1.165) is 24.0 Å². The van der Waals surface area contributed by atoms with Crippen LogP contribution in [-0.2, 0) is 30.5 Å². The van der Waals surface area contributed by atoms with Crippen LogP contribution >= 0.6 is 0 Å². The largest absolute Gasteiger partial charge is 0.299 e. The molecule has 3 aromatic carbocycles. The Morgan fingerprint density at radius 2 is 1.31 bits per heavy atom. The highest BCUT2D eigenvalue weighted by Crippen LogP contribution is 2.25. The van der Waals surface area contributed by atoms with Gasteiger partial charge in [-0.3, -0.25) is 4.79 Å². The molecule has 3 rings (SSSR count). The van der Waals surface area contributed by atoms with E-state index in [4.69, 9.17) is 0 Å². The minimum atomic E-state index is 0.269. The first-order chi connectivity index (χ1) is 14.1. The number of ketones is 1. The van der Waals surface area contributed by atoms with Crippen molar-refractivity contribution in [3.63, 3.8) is 0 Å². The highest BCUT2D eigenvalue weighted by molar-refractivity contribution is 5.83. The van der Waals surface area contributed by atoms with Gasteiger partial charge in [0, 0.05) is 12.8 Å². The van der Waals surface area contributed by atoms with E-state index in [1.165, 1.54) is 40.7 Å². The average Bonchev–Trinajstić information content (AvgIpc) is 2.73. The number of hydrogen-bond donors (Lipinski definition) is 0. The van der Waals surface area contributed by atoms with E-state index in [9.17, 15) is 4.79 Å². The Bertz CT molecular complexity index is 933. The molecule has 0 amide bonds. The van der Waals surface area contributed by atoms with Crippen molar-refractivity contribution in [2.24, 2.45) is 0 Å². The fourth-order valence-corrected chi connectivity index (χ4v) is 3.80. The molecular weight excluding hydrogens is 352 g/mol. The smallest absolute Gasteiger partial charge is 0.141 e. The number of aryl methyl sites for hydroxylation is 3. The maximum Gasteiger partial charge on any atom is 0.141 e. The Balaban J connectivity index is 1.62. The maximum absolute atomic E-state index is 12.6. The van der Waals surface area contributed by atoms with Crippen molar-refractivity contribution in [1.29, 1.82) is 0 Å². The molecule has 150 valence electrons. The van der Waals surface area contributed by atoms with E-state index in [2.05, 4.69) is 87.5 Å². The molecule has 1 heteroatoms. The van der Waals surface area contributed by atoms with Crippen molar-refractivity contribution in [3.8, 4) is 11.1 Å². The summed E-state index contributed by atoms with van der Waals surface area (Å²) in [6.45, 7) is 6.52. The molecule has 3 aromatic rings. The Morgan fingerprint density at radius 3 is 1.93 bits per heavy atom. The maximum atomic E-state index is 12.6. The quantitative estimate of drug-likeness (QED) is 0.391. The molecule has 0 saturated heterocycles. The molecule has 0 aliphatic heterocycles. The predicted molar refractivity (Wildman–Crippen MR) is 123 cm³/mol. The lowest BCUT2D eigenvalue weighted by Crippen LogP contribution is -2.07. The lowest BCUT2D eigenvalue weighted by atomic mass is 9.95. The van der Waals surface area contributed by atoms with Crippen LogP contribution in [0.2, 0.25) is 0 Å². The van der Waals surface area contributed by atoms with Gasteiger partial charge in [-0.1, -0.05) is 87.0 Å². The third-order valence-corrected chi connectivity index (χ3v) is 5.61. The molecule has 0 aromatic heterocycles. The minimum Gasteiger partial charge on any atom is -0.299 e. The SMILES string of the molecule is CCCCc1ccc(CC(=O)Cc2ccc(-c3ccc(CC)cc3)c(C)c2)cc1. The molecule has 0 atom stereocenters. The number of hydrogen-bond acceptors (Lipinski definition) is 1. The van der Waals surface area contributed by atoms with Crippen LogP contribution in [0.4, 0.5) is 0 Å². The summed E-state index contributed by atoms with van der Waals surface area (Å²) >= 11 is 0. The van der Waals surface area contributed by atoms with Gasteiger partial charge in [0.1, 0.15) is 5.78 Å². The van der Waals surface area contributed by atoms with Crippen molar-refractivity contribution in [2.45, 2.75) is 59.3 Å².